The molecule has 0 aromatic heterocycles. The molecule has 0 aliphatic carbocycles. The van der Waals surface area contributed by atoms with E-state index >= 15 is 0 Å². The number of carbonyl (C=O) groups excluding carboxylic acids is 1. The van der Waals surface area contributed by atoms with Crippen molar-refractivity contribution >= 4 is 11.6 Å². The topological polar surface area (TPSA) is 50.7 Å². The molecule has 0 saturated carbocycles. The Hall–Kier alpha value is -2.10. The second-order valence-electron chi connectivity index (χ2n) is 4.91. The third-order valence-corrected chi connectivity index (χ3v) is 3.23. The van der Waals surface area contributed by atoms with E-state index in [-0.39, 0.29) is 18.4 Å². The molecule has 1 unspecified atom stereocenters. The quantitative estimate of drug-likeness (QED) is 0.452. The summed E-state index contributed by atoms with van der Waals surface area (Å²) < 4.78 is 0. The van der Waals surface area contributed by atoms with Crippen LogP contribution in [0, 0.1) is 5.92 Å². The Balaban J connectivity index is 2.71. The third-order valence-electron chi connectivity index (χ3n) is 3.23. The number of nitrogens with one attached hydrogen (secondary N) is 1. The van der Waals surface area contributed by atoms with E-state index in [1.807, 2.05) is 30.3 Å². The molecule has 0 saturated heterocycles. The van der Waals surface area contributed by atoms with Crippen LogP contribution < -0.4 is 5.32 Å². The molecule has 0 spiro atoms. The molecule has 1 aromatic carbocycles. The van der Waals surface area contributed by atoms with Gasteiger partial charge in [-0.3, -0.25) is 4.79 Å². The highest BCUT2D eigenvalue weighted by atomic mass is 16.6. The molecular formula is C17H24N2O2. The summed E-state index contributed by atoms with van der Waals surface area (Å²) in [6.07, 6.45) is 1.41. The second-order valence-corrected chi connectivity index (χ2v) is 4.91. The fourth-order valence-electron chi connectivity index (χ4n) is 1.70. The number of carbonyl (C=O) groups is 1. The van der Waals surface area contributed by atoms with E-state index in [4.69, 9.17) is 4.84 Å². The first-order valence-electron chi connectivity index (χ1n) is 7.33. The van der Waals surface area contributed by atoms with Gasteiger partial charge in [0.25, 0.3) is 0 Å². The summed E-state index contributed by atoms with van der Waals surface area (Å²) in [6.45, 7) is 10.1. The van der Waals surface area contributed by atoms with E-state index in [9.17, 15) is 4.79 Å². The van der Waals surface area contributed by atoms with Crippen molar-refractivity contribution in [2.45, 2.75) is 33.6 Å². The Bertz CT molecular complexity index is 495. The summed E-state index contributed by atoms with van der Waals surface area (Å²) in [7, 11) is 0. The van der Waals surface area contributed by atoms with Crippen molar-refractivity contribution in [3.63, 3.8) is 0 Å². The highest BCUT2D eigenvalue weighted by Gasteiger charge is 2.12. The number of rotatable bonds is 8. The second kappa shape index (κ2) is 8.95. The summed E-state index contributed by atoms with van der Waals surface area (Å²) in [6, 6.07) is 9.94. The smallest absolute Gasteiger partial charge is 0.220 e. The normalized spacial score (nSPS) is 12.6. The zero-order chi connectivity index (χ0) is 15.7. The zero-order valence-electron chi connectivity index (χ0n) is 13.1. The molecule has 1 rings (SSSR count). The molecule has 1 aromatic rings. The van der Waals surface area contributed by atoms with Gasteiger partial charge in [-0.2, -0.15) is 0 Å². The van der Waals surface area contributed by atoms with Crippen LogP contribution in [-0.4, -0.2) is 18.2 Å². The molecule has 0 fully saturated rings. The van der Waals surface area contributed by atoms with Gasteiger partial charge in [-0.1, -0.05) is 62.8 Å². The lowest BCUT2D eigenvalue weighted by molar-refractivity contribution is -0.120. The highest BCUT2D eigenvalue weighted by Crippen LogP contribution is 2.14. The summed E-state index contributed by atoms with van der Waals surface area (Å²) in [5.74, 6) is 0.674. The maximum Gasteiger partial charge on any atom is 0.220 e. The van der Waals surface area contributed by atoms with Gasteiger partial charge in [0.05, 0.1) is 12.3 Å². The Kier molecular flexibility index (Phi) is 7.23. The van der Waals surface area contributed by atoms with E-state index in [1.165, 1.54) is 0 Å². The number of hydrogen-bond donors (Lipinski definition) is 1. The molecular weight excluding hydrogens is 264 g/mol. The van der Waals surface area contributed by atoms with Crippen molar-refractivity contribution < 1.29 is 9.63 Å². The van der Waals surface area contributed by atoms with Crippen LogP contribution >= 0.6 is 0 Å². The van der Waals surface area contributed by atoms with Gasteiger partial charge in [-0.25, -0.2) is 0 Å². The molecule has 114 valence electrons. The lowest BCUT2D eigenvalue weighted by Crippen LogP contribution is -2.24. The van der Waals surface area contributed by atoms with Gasteiger partial charge in [-0.05, 0) is 12.0 Å². The minimum Gasteiger partial charge on any atom is -0.360 e. The van der Waals surface area contributed by atoms with Gasteiger partial charge >= 0.3 is 0 Å². The number of hydrogen-bond acceptors (Lipinski definition) is 3. The summed E-state index contributed by atoms with van der Waals surface area (Å²) in [5, 5.41) is 6.94. The number of benzene rings is 1. The predicted molar refractivity (Wildman–Crippen MR) is 86.0 cm³/mol. The molecule has 0 bridgehead atoms. The zero-order valence-corrected chi connectivity index (χ0v) is 13.1. The molecule has 4 heteroatoms. The first kappa shape index (κ1) is 17.0. The third kappa shape index (κ3) is 5.81. The van der Waals surface area contributed by atoms with Crippen molar-refractivity contribution in [3.8, 4) is 0 Å². The van der Waals surface area contributed by atoms with E-state index in [2.05, 4.69) is 30.9 Å². The maximum atomic E-state index is 11.2. The Morgan fingerprint density at radius 3 is 2.57 bits per heavy atom. The van der Waals surface area contributed by atoms with Crippen LogP contribution in [0.2, 0.25) is 0 Å². The summed E-state index contributed by atoms with van der Waals surface area (Å²) >= 11 is 0. The first-order chi connectivity index (χ1) is 10.1. The highest BCUT2D eigenvalue weighted by molar-refractivity contribution is 6.01. The summed E-state index contributed by atoms with van der Waals surface area (Å²) in [4.78, 5) is 16.5. The van der Waals surface area contributed by atoms with Crippen LogP contribution in [0.3, 0.4) is 0 Å². The van der Waals surface area contributed by atoms with Crippen LogP contribution in [0.15, 0.2) is 47.8 Å². The fourth-order valence-corrected chi connectivity index (χ4v) is 1.70. The van der Waals surface area contributed by atoms with Crippen LogP contribution in [0.1, 0.15) is 39.2 Å². The Morgan fingerprint density at radius 2 is 2.00 bits per heavy atom. The fraction of sp³-hybridized carbons (Fsp3) is 0.412. The van der Waals surface area contributed by atoms with Gasteiger partial charge in [0.1, 0.15) is 5.76 Å². The van der Waals surface area contributed by atoms with Gasteiger partial charge in [-0.15, -0.1) is 0 Å². The Morgan fingerprint density at radius 1 is 1.33 bits per heavy atom. The molecule has 0 heterocycles. The van der Waals surface area contributed by atoms with E-state index in [0.717, 1.165) is 17.7 Å². The monoisotopic (exact) mass is 288 g/mol. The largest absolute Gasteiger partial charge is 0.360 e. The van der Waals surface area contributed by atoms with E-state index in [1.54, 1.807) is 6.92 Å². The van der Waals surface area contributed by atoms with E-state index in [0.29, 0.717) is 12.2 Å². The molecule has 1 amide bonds. The predicted octanol–water partition coefficient (Wildman–Crippen LogP) is 3.49. The molecule has 0 radical (unpaired) electrons. The van der Waals surface area contributed by atoms with Gasteiger partial charge < -0.3 is 10.2 Å². The van der Waals surface area contributed by atoms with Crippen molar-refractivity contribution in [1.29, 1.82) is 0 Å². The first-order valence-corrected chi connectivity index (χ1v) is 7.33. The van der Waals surface area contributed by atoms with Crippen LogP contribution in [0.5, 0.6) is 0 Å². The van der Waals surface area contributed by atoms with Crippen molar-refractivity contribution in [2.75, 3.05) is 6.54 Å². The SMILES string of the molecule is C=C(CNC(=O)CC)O/N=C(/c1ccccc1)C(C)CC. The molecule has 0 aliphatic rings. The van der Waals surface area contributed by atoms with Crippen LogP contribution in [0.4, 0.5) is 0 Å². The maximum absolute atomic E-state index is 11.2. The average molecular weight is 288 g/mol. The number of amides is 1. The number of oxime groups is 1. The van der Waals surface area contributed by atoms with Crippen molar-refractivity contribution in [3.05, 3.63) is 48.2 Å². The van der Waals surface area contributed by atoms with Gasteiger partial charge in [0, 0.05) is 12.3 Å². The molecule has 1 N–H and O–H groups in total. The van der Waals surface area contributed by atoms with Crippen molar-refractivity contribution in [2.24, 2.45) is 11.1 Å². The molecule has 1 atom stereocenters. The van der Waals surface area contributed by atoms with Gasteiger partial charge in [0.15, 0.2) is 0 Å². The Labute approximate surface area is 126 Å². The summed E-state index contributed by atoms with van der Waals surface area (Å²) in [5.41, 5.74) is 1.93. The standard InChI is InChI=1S/C17H24N2O2/c1-5-13(3)17(15-10-8-7-9-11-15)19-21-14(4)12-18-16(20)6-2/h7-11,13H,4-6,12H2,1-3H3,(H,18,20)/b19-17+. The van der Waals surface area contributed by atoms with Crippen molar-refractivity contribution in [1.82, 2.24) is 5.32 Å². The average Bonchev–Trinajstić information content (AvgIpc) is 2.53. The minimum atomic E-state index is -0.0334. The molecule has 4 nitrogen and oxygen atoms in total. The van der Waals surface area contributed by atoms with Crippen LogP contribution in [-0.2, 0) is 9.63 Å². The molecule has 0 aliphatic heterocycles. The lowest BCUT2D eigenvalue weighted by atomic mass is 9.96. The van der Waals surface area contributed by atoms with Gasteiger partial charge in [0.2, 0.25) is 5.91 Å². The minimum absolute atomic E-state index is 0.0334. The van der Waals surface area contributed by atoms with E-state index < -0.39 is 0 Å². The lowest BCUT2D eigenvalue weighted by Gasteiger charge is -2.13. The van der Waals surface area contributed by atoms with Crippen LogP contribution in [0.25, 0.3) is 0 Å². The molecule has 21 heavy (non-hydrogen) atoms. The number of nitrogens with zero attached hydrogens (tertiary/aromatic N) is 1.